The van der Waals surface area contributed by atoms with Gasteiger partial charge in [-0.1, -0.05) is 6.08 Å². The highest BCUT2D eigenvalue weighted by atomic mass is 16.1. The van der Waals surface area contributed by atoms with Gasteiger partial charge in [-0.3, -0.25) is 4.79 Å². The Morgan fingerprint density at radius 1 is 1.82 bits per heavy atom. The first-order valence-electron chi connectivity index (χ1n) is 3.19. The summed E-state index contributed by atoms with van der Waals surface area (Å²) >= 11 is 0. The lowest BCUT2D eigenvalue weighted by Gasteiger charge is -1.94. The lowest BCUT2D eigenvalue weighted by molar-refractivity contribution is 1.02. The van der Waals surface area contributed by atoms with Crippen molar-refractivity contribution >= 4 is 5.82 Å². The molecule has 0 atom stereocenters. The maximum atomic E-state index is 10.9. The highest BCUT2D eigenvalue weighted by molar-refractivity contribution is 5.24. The first-order valence-corrected chi connectivity index (χ1v) is 3.19. The summed E-state index contributed by atoms with van der Waals surface area (Å²) in [6.07, 6.45) is 3.42. The van der Waals surface area contributed by atoms with Crippen LogP contribution in [0, 0.1) is 0 Å². The zero-order valence-electron chi connectivity index (χ0n) is 6.00. The van der Waals surface area contributed by atoms with Gasteiger partial charge in [0.05, 0.1) is 0 Å². The summed E-state index contributed by atoms with van der Waals surface area (Å²) in [7, 11) is 0. The fraction of sp³-hybridized carbons (Fsp3) is 0.143. The van der Waals surface area contributed by atoms with Gasteiger partial charge in [0.25, 0.3) is 5.56 Å². The molecular weight excluding hydrogens is 142 g/mol. The Morgan fingerprint density at radius 2 is 2.55 bits per heavy atom. The van der Waals surface area contributed by atoms with Gasteiger partial charge in [0, 0.05) is 12.6 Å². The standard InChI is InChI=1S/C7H9N3O/c1-2-3-5-7(11)9-4-6(8)10-5/h2,4H,1,3H2,(H2,8,10)(H,9,11). The average Bonchev–Trinajstić information content (AvgIpc) is 1.98. The predicted octanol–water partition coefficient (Wildman–Crippen LogP) is 0.0806. The van der Waals surface area contributed by atoms with Crippen LogP contribution in [-0.4, -0.2) is 9.97 Å². The maximum absolute atomic E-state index is 10.9. The molecule has 4 heteroatoms. The van der Waals surface area contributed by atoms with E-state index in [1.54, 1.807) is 6.08 Å². The topological polar surface area (TPSA) is 71.8 Å². The van der Waals surface area contributed by atoms with Crippen LogP contribution in [0.4, 0.5) is 5.82 Å². The van der Waals surface area contributed by atoms with Crippen LogP contribution in [-0.2, 0) is 6.42 Å². The summed E-state index contributed by atoms with van der Waals surface area (Å²) < 4.78 is 0. The second-order valence-corrected chi connectivity index (χ2v) is 2.09. The van der Waals surface area contributed by atoms with Crippen LogP contribution in [0.2, 0.25) is 0 Å². The van der Waals surface area contributed by atoms with E-state index in [0.717, 1.165) is 0 Å². The maximum Gasteiger partial charge on any atom is 0.270 e. The van der Waals surface area contributed by atoms with Crippen molar-refractivity contribution in [3.05, 3.63) is 34.9 Å². The van der Waals surface area contributed by atoms with E-state index in [1.165, 1.54) is 6.20 Å². The Balaban J connectivity index is 3.12. The quantitative estimate of drug-likeness (QED) is 0.588. The van der Waals surface area contributed by atoms with E-state index in [2.05, 4.69) is 16.5 Å². The molecule has 4 nitrogen and oxygen atoms in total. The molecule has 0 fully saturated rings. The zero-order chi connectivity index (χ0) is 8.27. The predicted molar refractivity (Wildman–Crippen MR) is 43.2 cm³/mol. The second kappa shape index (κ2) is 3.01. The Bertz CT molecular complexity index is 316. The minimum Gasteiger partial charge on any atom is -0.382 e. The fourth-order valence-corrected chi connectivity index (χ4v) is 0.737. The van der Waals surface area contributed by atoms with Gasteiger partial charge in [0.1, 0.15) is 11.5 Å². The molecule has 0 aliphatic carbocycles. The highest BCUT2D eigenvalue weighted by Crippen LogP contribution is 1.92. The molecule has 0 radical (unpaired) electrons. The van der Waals surface area contributed by atoms with Gasteiger partial charge in [0.15, 0.2) is 0 Å². The molecule has 58 valence electrons. The number of allylic oxidation sites excluding steroid dienone is 1. The summed E-state index contributed by atoms with van der Waals surface area (Å²) in [5, 5.41) is 0. The van der Waals surface area contributed by atoms with Gasteiger partial charge in [0.2, 0.25) is 0 Å². The van der Waals surface area contributed by atoms with Crippen LogP contribution in [0.15, 0.2) is 23.6 Å². The molecule has 0 aliphatic rings. The molecule has 0 saturated carbocycles. The van der Waals surface area contributed by atoms with Crippen LogP contribution in [0.5, 0.6) is 0 Å². The van der Waals surface area contributed by atoms with Gasteiger partial charge in [-0.05, 0) is 0 Å². The van der Waals surface area contributed by atoms with Crippen molar-refractivity contribution in [2.75, 3.05) is 5.73 Å². The number of nitrogens with two attached hydrogens (primary N) is 1. The third kappa shape index (κ3) is 1.67. The summed E-state index contributed by atoms with van der Waals surface area (Å²) in [6.45, 7) is 3.49. The molecule has 1 aromatic rings. The van der Waals surface area contributed by atoms with Crippen molar-refractivity contribution < 1.29 is 0 Å². The van der Waals surface area contributed by atoms with E-state index in [4.69, 9.17) is 5.73 Å². The minimum absolute atomic E-state index is 0.209. The van der Waals surface area contributed by atoms with Gasteiger partial charge in [-0.2, -0.15) is 0 Å². The molecule has 11 heavy (non-hydrogen) atoms. The molecule has 0 bridgehead atoms. The average molecular weight is 151 g/mol. The van der Waals surface area contributed by atoms with E-state index in [0.29, 0.717) is 17.9 Å². The van der Waals surface area contributed by atoms with Crippen LogP contribution in [0.3, 0.4) is 0 Å². The number of anilines is 1. The summed E-state index contributed by atoms with van der Waals surface area (Å²) in [4.78, 5) is 17.2. The lowest BCUT2D eigenvalue weighted by Crippen LogP contribution is -2.15. The molecular formula is C7H9N3O. The van der Waals surface area contributed by atoms with Gasteiger partial charge < -0.3 is 10.7 Å². The Labute approximate surface area is 63.8 Å². The Hall–Kier alpha value is -1.58. The number of hydrogen-bond donors (Lipinski definition) is 2. The summed E-state index contributed by atoms with van der Waals surface area (Å²) in [6, 6.07) is 0. The van der Waals surface area contributed by atoms with Crippen molar-refractivity contribution in [2.24, 2.45) is 0 Å². The number of rotatable bonds is 2. The van der Waals surface area contributed by atoms with Gasteiger partial charge in [-0.25, -0.2) is 4.98 Å². The molecule has 1 aromatic heterocycles. The Morgan fingerprint density at radius 3 is 3.18 bits per heavy atom. The summed E-state index contributed by atoms with van der Waals surface area (Å²) in [5.74, 6) is 0.321. The summed E-state index contributed by atoms with van der Waals surface area (Å²) in [5.41, 5.74) is 5.54. The third-order valence-electron chi connectivity index (χ3n) is 1.21. The fourth-order valence-electron chi connectivity index (χ4n) is 0.737. The minimum atomic E-state index is -0.209. The largest absolute Gasteiger partial charge is 0.382 e. The van der Waals surface area contributed by atoms with Gasteiger partial charge >= 0.3 is 0 Å². The van der Waals surface area contributed by atoms with Gasteiger partial charge in [-0.15, -0.1) is 6.58 Å². The van der Waals surface area contributed by atoms with Crippen LogP contribution >= 0.6 is 0 Å². The number of aromatic amines is 1. The van der Waals surface area contributed by atoms with Crippen molar-refractivity contribution in [3.8, 4) is 0 Å². The molecule has 0 aliphatic heterocycles. The number of nitrogens with zero attached hydrogens (tertiary/aromatic N) is 1. The number of H-pyrrole nitrogens is 1. The van der Waals surface area contributed by atoms with Crippen LogP contribution < -0.4 is 11.3 Å². The van der Waals surface area contributed by atoms with Crippen molar-refractivity contribution in [1.82, 2.24) is 9.97 Å². The van der Waals surface area contributed by atoms with Crippen molar-refractivity contribution in [3.63, 3.8) is 0 Å². The first-order chi connectivity index (χ1) is 5.24. The molecule has 1 heterocycles. The smallest absolute Gasteiger partial charge is 0.270 e. The normalized spacial score (nSPS) is 9.45. The van der Waals surface area contributed by atoms with E-state index in [1.807, 2.05) is 0 Å². The molecule has 1 rings (SSSR count). The third-order valence-corrected chi connectivity index (χ3v) is 1.21. The molecule has 0 saturated heterocycles. The lowest BCUT2D eigenvalue weighted by atomic mass is 10.3. The molecule has 3 N–H and O–H groups in total. The second-order valence-electron chi connectivity index (χ2n) is 2.09. The molecule has 0 spiro atoms. The van der Waals surface area contributed by atoms with E-state index in [9.17, 15) is 4.79 Å². The Kier molecular flexibility index (Phi) is 2.06. The number of nitrogen functional groups attached to an aromatic ring is 1. The van der Waals surface area contributed by atoms with E-state index >= 15 is 0 Å². The number of aromatic nitrogens is 2. The van der Waals surface area contributed by atoms with Crippen LogP contribution in [0.25, 0.3) is 0 Å². The highest BCUT2D eigenvalue weighted by Gasteiger charge is 1.97. The van der Waals surface area contributed by atoms with E-state index in [-0.39, 0.29) is 5.56 Å². The van der Waals surface area contributed by atoms with Crippen molar-refractivity contribution in [2.45, 2.75) is 6.42 Å². The van der Waals surface area contributed by atoms with Crippen LogP contribution in [0.1, 0.15) is 5.69 Å². The SMILES string of the molecule is C=CCc1nc(N)c[nH]c1=O. The van der Waals surface area contributed by atoms with Crippen molar-refractivity contribution in [1.29, 1.82) is 0 Å². The molecule has 0 unspecified atom stereocenters. The zero-order valence-corrected chi connectivity index (χ0v) is 6.00. The molecule has 0 aromatic carbocycles. The van der Waals surface area contributed by atoms with E-state index < -0.39 is 0 Å². The number of hydrogen-bond acceptors (Lipinski definition) is 3. The molecule has 0 amide bonds. The first kappa shape index (κ1) is 7.53. The number of nitrogens with one attached hydrogen (secondary N) is 1. The monoisotopic (exact) mass is 151 g/mol.